The van der Waals surface area contributed by atoms with Crippen LogP contribution in [0.2, 0.25) is 0 Å². The fourth-order valence-electron chi connectivity index (χ4n) is 1.53. The lowest BCUT2D eigenvalue weighted by molar-refractivity contribution is -0.728. The first-order chi connectivity index (χ1) is 6.07. The van der Waals surface area contributed by atoms with E-state index in [2.05, 4.69) is 5.10 Å². The summed E-state index contributed by atoms with van der Waals surface area (Å²) in [5.41, 5.74) is 2.75. The largest absolute Gasteiger partial charge is 0.288 e. The Labute approximate surface area is 78.1 Å². The second-order valence-corrected chi connectivity index (χ2v) is 3.11. The van der Waals surface area contributed by atoms with Crippen molar-refractivity contribution in [2.45, 2.75) is 20.8 Å². The molecule has 1 aromatic heterocycles. The number of Topliss-reactive ketones (excluding diaryl/α,β-unsaturated/α-hetero) is 1. The number of aromatic nitrogens is 2. The molecule has 0 aliphatic rings. The standard InChI is InChI=1S/C10H14N2O/c1-5-6-9-7(2)10(8(3)13)12(4)11-9/h5-6H,1-4H3/p+1. The number of nitrogens with zero attached hydrogens (tertiary/aromatic N) is 1. The van der Waals surface area contributed by atoms with Crippen LogP contribution in [-0.2, 0) is 7.05 Å². The number of allylic oxidation sites excluding steroid dienone is 1. The third-order valence-corrected chi connectivity index (χ3v) is 2.05. The number of nitrogens with one attached hydrogen (secondary N) is 1. The van der Waals surface area contributed by atoms with E-state index in [1.54, 1.807) is 11.6 Å². The predicted octanol–water partition coefficient (Wildman–Crippen LogP) is 1.38. The van der Waals surface area contributed by atoms with Crippen molar-refractivity contribution in [1.82, 2.24) is 5.10 Å². The molecular formula is C10H15N2O+. The van der Waals surface area contributed by atoms with E-state index in [4.69, 9.17) is 0 Å². The highest BCUT2D eigenvalue weighted by Crippen LogP contribution is 2.09. The number of carbonyl (C=O) groups is 1. The Bertz CT molecular complexity index is 361. The van der Waals surface area contributed by atoms with Gasteiger partial charge in [0.2, 0.25) is 5.78 Å². The van der Waals surface area contributed by atoms with Crippen LogP contribution in [0, 0.1) is 6.92 Å². The third-order valence-electron chi connectivity index (χ3n) is 2.05. The zero-order valence-electron chi connectivity index (χ0n) is 8.51. The Kier molecular flexibility index (Phi) is 2.66. The van der Waals surface area contributed by atoms with Crippen molar-refractivity contribution in [2.75, 3.05) is 0 Å². The highest BCUT2D eigenvalue weighted by atomic mass is 16.1. The van der Waals surface area contributed by atoms with E-state index >= 15 is 0 Å². The van der Waals surface area contributed by atoms with Crippen molar-refractivity contribution in [3.05, 3.63) is 23.0 Å². The molecule has 0 bridgehead atoms. The van der Waals surface area contributed by atoms with Crippen LogP contribution >= 0.6 is 0 Å². The maximum absolute atomic E-state index is 11.2. The summed E-state index contributed by atoms with van der Waals surface area (Å²) in [6, 6.07) is 0. The van der Waals surface area contributed by atoms with Gasteiger partial charge in [0, 0.05) is 6.92 Å². The van der Waals surface area contributed by atoms with Crippen molar-refractivity contribution < 1.29 is 9.48 Å². The first-order valence-electron chi connectivity index (χ1n) is 4.30. The van der Waals surface area contributed by atoms with Gasteiger partial charge in [-0.25, -0.2) is 0 Å². The Morgan fingerprint density at radius 2 is 2.15 bits per heavy atom. The average Bonchev–Trinajstić information content (AvgIpc) is 2.28. The lowest BCUT2D eigenvalue weighted by Crippen LogP contribution is -2.36. The van der Waals surface area contributed by atoms with Crippen LogP contribution in [0.4, 0.5) is 0 Å². The van der Waals surface area contributed by atoms with Gasteiger partial charge in [-0.15, -0.1) is 4.68 Å². The second kappa shape index (κ2) is 3.56. The number of rotatable bonds is 2. The van der Waals surface area contributed by atoms with Gasteiger partial charge >= 0.3 is 0 Å². The lowest BCUT2D eigenvalue weighted by atomic mass is 10.1. The van der Waals surface area contributed by atoms with Crippen LogP contribution < -0.4 is 4.68 Å². The van der Waals surface area contributed by atoms with Gasteiger partial charge in [0.1, 0.15) is 5.69 Å². The van der Waals surface area contributed by atoms with Gasteiger partial charge < -0.3 is 0 Å². The molecule has 1 heterocycles. The van der Waals surface area contributed by atoms with Gasteiger partial charge in [0.05, 0.1) is 5.56 Å². The molecule has 1 N–H and O–H groups in total. The van der Waals surface area contributed by atoms with E-state index in [1.807, 2.05) is 33.0 Å². The molecule has 3 heteroatoms. The first-order valence-corrected chi connectivity index (χ1v) is 4.30. The molecule has 0 atom stereocenters. The van der Waals surface area contributed by atoms with Crippen LogP contribution in [-0.4, -0.2) is 10.9 Å². The smallest absolute Gasteiger partial charge is 0.276 e. The van der Waals surface area contributed by atoms with Crippen LogP contribution in [0.3, 0.4) is 0 Å². The molecule has 3 nitrogen and oxygen atoms in total. The summed E-state index contributed by atoms with van der Waals surface area (Å²) < 4.78 is 1.76. The molecule has 1 aromatic rings. The Morgan fingerprint density at radius 3 is 2.54 bits per heavy atom. The van der Waals surface area contributed by atoms with Crippen LogP contribution in [0.5, 0.6) is 0 Å². The summed E-state index contributed by atoms with van der Waals surface area (Å²) in [5, 5.41) is 3.10. The van der Waals surface area contributed by atoms with E-state index < -0.39 is 0 Å². The highest BCUT2D eigenvalue weighted by Gasteiger charge is 2.21. The Balaban J connectivity index is 3.30. The molecule has 13 heavy (non-hydrogen) atoms. The molecule has 0 saturated carbocycles. The summed E-state index contributed by atoms with van der Waals surface area (Å²) in [7, 11) is 1.84. The normalized spacial score (nSPS) is 11.1. The molecule has 0 fully saturated rings. The molecule has 0 saturated heterocycles. The molecular weight excluding hydrogens is 164 g/mol. The minimum Gasteiger partial charge on any atom is -0.288 e. The fourth-order valence-corrected chi connectivity index (χ4v) is 1.53. The monoisotopic (exact) mass is 179 g/mol. The molecule has 70 valence electrons. The van der Waals surface area contributed by atoms with Gasteiger partial charge in [0.15, 0.2) is 7.05 Å². The molecule has 1 rings (SSSR count). The molecule has 0 spiro atoms. The van der Waals surface area contributed by atoms with Gasteiger partial charge in [-0.1, -0.05) is 6.08 Å². The fraction of sp³-hybridized carbons (Fsp3) is 0.400. The van der Waals surface area contributed by atoms with Gasteiger partial charge in [-0.05, 0) is 19.9 Å². The number of ketones is 1. The van der Waals surface area contributed by atoms with E-state index in [-0.39, 0.29) is 5.78 Å². The van der Waals surface area contributed by atoms with Gasteiger partial charge in [0.25, 0.3) is 5.69 Å². The molecule has 0 radical (unpaired) electrons. The molecule has 0 amide bonds. The van der Waals surface area contributed by atoms with Crippen LogP contribution in [0.25, 0.3) is 6.08 Å². The summed E-state index contributed by atoms with van der Waals surface area (Å²) in [5.74, 6) is 0.0898. The van der Waals surface area contributed by atoms with E-state index in [0.717, 1.165) is 17.0 Å². The minimum absolute atomic E-state index is 0.0898. The number of hydrogen-bond donors (Lipinski definition) is 1. The van der Waals surface area contributed by atoms with E-state index in [0.29, 0.717) is 0 Å². The SMILES string of the molecule is CC=Cc1[nH][n+](C)c(C(C)=O)c1C. The zero-order chi connectivity index (χ0) is 10.0. The molecule has 0 aliphatic carbocycles. The van der Waals surface area contributed by atoms with Crippen molar-refractivity contribution in [2.24, 2.45) is 7.05 Å². The van der Waals surface area contributed by atoms with Gasteiger partial charge in [-0.3, -0.25) is 4.79 Å². The predicted molar refractivity (Wildman–Crippen MR) is 51.4 cm³/mol. The number of aryl methyl sites for hydroxylation is 1. The molecule has 0 aromatic carbocycles. The zero-order valence-corrected chi connectivity index (χ0v) is 8.51. The van der Waals surface area contributed by atoms with Crippen molar-refractivity contribution in [3.8, 4) is 0 Å². The summed E-state index contributed by atoms with van der Waals surface area (Å²) >= 11 is 0. The van der Waals surface area contributed by atoms with E-state index in [9.17, 15) is 4.79 Å². The number of carbonyl (C=O) groups excluding carboxylic acids is 1. The first kappa shape index (κ1) is 9.71. The molecule has 0 aliphatic heterocycles. The topological polar surface area (TPSA) is 36.7 Å². The molecule has 0 unspecified atom stereocenters. The number of hydrogen-bond acceptors (Lipinski definition) is 1. The maximum atomic E-state index is 11.2. The highest BCUT2D eigenvalue weighted by molar-refractivity contribution is 5.92. The quantitative estimate of drug-likeness (QED) is 0.540. The maximum Gasteiger partial charge on any atom is 0.276 e. The summed E-state index contributed by atoms with van der Waals surface area (Å²) in [6.45, 7) is 5.48. The van der Waals surface area contributed by atoms with E-state index in [1.165, 1.54) is 0 Å². The Morgan fingerprint density at radius 1 is 1.54 bits per heavy atom. The van der Waals surface area contributed by atoms with Crippen LogP contribution in [0.1, 0.15) is 35.6 Å². The average molecular weight is 179 g/mol. The van der Waals surface area contributed by atoms with Crippen LogP contribution in [0.15, 0.2) is 6.08 Å². The summed E-state index contributed by atoms with van der Waals surface area (Å²) in [6.07, 6.45) is 3.91. The third kappa shape index (κ3) is 1.69. The van der Waals surface area contributed by atoms with Crippen molar-refractivity contribution >= 4 is 11.9 Å². The lowest BCUT2D eigenvalue weighted by Gasteiger charge is -1.86. The number of aromatic amines is 1. The van der Waals surface area contributed by atoms with Crippen molar-refractivity contribution in [1.29, 1.82) is 0 Å². The van der Waals surface area contributed by atoms with Gasteiger partial charge in [-0.2, -0.15) is 5.10 Å². The minimum atomic E-state index is 0.0898. The second-order valence-electron chi connectivity index (χ2n) is 3.11. The summed E-state index contributed by atoms with van der Waals surface area (Å²) in [4.78, 5) is 11.2. The number of H-pyrrole nitrogens is 1. The van der Waals surface area contributed by atoms with Crippen molar-refractivity contribution in [3.63, 3.8) is 0 Å². The Hall–Kier alpha value is -1.38.